The van der Waals surface area contributed by atoms with Crippen molar-refractivity contribution in [3.8, 4) is 0 Å². The Morgan fingerprint density at radius 1 is 1.14 bits per heavy atom. The minimum absolute atomic E-state index is 0.104. The molecule has 0 aliphatic rings. The van der Waals surface area contributed by atoms with Gasteiger partial charge < -0.3 is 0 Å². The summed E-state index contributed by atoms with van der Waals surface area (Å²) >= 11 is -0.472. The zero-order chi connectivity index (χ0) is 11.4. The van der Waals surface area contributed by atoms with E-state index in [9.17, 15) is 0 Å². The summed E-state index contributed by atoms with van der Waals surface area (Å²) in [7, 11) is 9.85. The molecule has 1 rings (SSSR count). The van der Waals surface area contributed by atoms with Crippen molar-refractivity contribution in [2.75, 3.05) is 13.3 Å². The summed E-state index contributed by atoms with van der Waals surface area (Å²) in [4.78, 5) is 0. The van der Waals surface area contributed by atoms with Gasteiger partial charge in [-0.2, -0.15) is 0 Å². The van der Waals surface area contributed by atoms with Crippen molar-refractivity contribution < 1.29 is 21.1 Å². The van der Waals surface area contributed by atoms with Crippen molar-refractivity contribution in [2.45, 2.75) is 0 Å². The Balaban J connectivity index is 0. The molecule has 1 nitrogen and oxygen atoms in total. The molecule has 0 heterocycles. The third-order valence-electron chi connectivity index (χ3n) is 1.27. The van der Waals surface area contributed by atoms with Crippen LogP contribution in [-0.4, -0.2) is 13.3 Å². The Labute approximate surface area is 103 Å². The molecule has 1 aromatic rings. The fourth-order valence-electron chi connectivity index (χ4n) is 0.726. The number of halogens is 2. The van der Waals surface area contributed by atoms with Crippen LogP contribution in [0.1, 0.15) is 0 Å². The number of rotatable bonds is 1. The van der Waals surface area contributed by atoms with E-state index in [1.54, 1.807) is 0 Å². The van der Waals surface area contributed by atoms with Gasteiger partial charge in [-0.1, -0.05) is 38.3 Å². The molecule has 0 atom stereocenters. The van der Waals surface area contributed by atoms with Crippen molar-refractivity contribution in [2.24, 2.45) is 0 Å². The first-order chi connectivity index (χ1) is 6.72. The molecule has 0 aromatic heterocycles. The molecule has 0 radical (unpaired) electrons. The summed E-state index contributed by atoms with van der Waals surface area (Å²) in [6, 6.07) is 10.6. The second-order valence-corrected chi connectivity index (χ2v) is 7.86. The number of benzene rings is 1. The van der Waals surface area contributed by atoms with Crippen LogP contribution >= 0.6 is 26.8 Å². The van der Waals surface area contributed by atoms with Crippen LogP contribution in [0.15, 0.2) is 30.3 Å². The van der Waals surface area contributed by atoms with E-state index in [4.69, 9.17) is 23.5 Å². The van der Waals surface area contributed by atoms with Gasteiger partial charge >= 0.3 is 46.6 Å². The Morgan fingerprint density at radius 3 is 1.71 bits per heavy atom. The van der Waals surface area contributed by atoms with Crippen LogP contribution in [0.3, 0.4) is 0 Å². The molecule has 5 heteroatoms. The third kappa shape index (κ3) is 10.7. The minimum atomic E-state index is -0.472. The summed E-state index contributed by atoms with van der Waals surface area (Å²) in [6.07, 6.45) is 0. The molecule has 0 unspecified atom stereocenters. The second-order valence-electron chi connectivity index (χ2n) is 2.28. The number of hydrogen-bond acceptors (Lipinski definition) is 0. The molecule has 82 valence electrons. The van der Waals surface area contributed by atoms with Gasteiger partial charge in [0.05, 0.1) is 0 Å². The molecule has 0 aliphatic heterocycles. The SMILES string of the molecule is CP(C)c1ccccc1.[C-]#[O+].[Cl][Pt][Cl]. The van der Waals surface area contributed by atoms with Crippen molar-refractivity contribution in [3.05, 3.63) is 37.0 Å². The first kappa shape index (κ1) is 17.1. The molecule has 0 aliphatic carbocycles. The summed E-state index contributed by atoms with van der Waals surface area (Å²) in [5.41, 5.74) is 0. The van der Waals surface area contributed by atoms with Crippen molar-refractivity contribution >= 4 is 32.1 Å². The van der Waals surface area contributed by atoms with E-state index in [2.05, 4.69) is 50.3 Å². The van der Waals surface area contributed by atoms with Crippen LogP contribution in [0.4, 0.5) is 0 Å². The summed E-state index contributed by atoms with van der Waals surface area (Å²) < 4.78 is 7.50. The van der Waals surface area contributed by atoms with Gasteiger partial charge in [-0.3, -0.25) is 0 Å². The molecule has 0 saturated carbocycles. The Morgan fingerprint density at radius 2 is 1.50 bits per heavy atom. The van der Waals surface area contributed by atoms with Gasteiger partial charge in [0.25, 0.3) is 0 Å². The molecule has 0 fully saturated rings. The average molecular weight is 432 g/mol. The topological polar surface area (TPSA) is 19.9 Å². The first-order valence-corrected chi connectivity index (χ1v) is 11.3. The van der Waals surface area contributed by atoms with Crippen LogP contribution in [-0.2, 0) is 21.1 Å². The fourth-order valence-corrected chi connectivity index (χ4v) is 1.49. The van der Waals surface area contributed by atoms with Crippen LogP contribution < -0.4 is 5.30 Å². The molecule has 0 N–H and O–H groups in total. The van der Waals surface area contributed by atoms with Crippen molar-refractivity contribution in [1.29, 1.82) is 0 Å². The van der Waals surface area contributed by atoms with Gasteiger partial charge in [-0.15, -0.1) is 0 Å². The predicted molar refractivity (Wildman–Crippen MR) is 60.5 cm³/mol. The molecular weight excluding hydrogens is 421 g/mol. The van der Waals surface area contributed by atoms with Gasteiger partial charge in [0.15, 0.2) is 0 Å². The Bertz CT molecular complexity index is 229. The quantitative estimate of drug-likeness (QED) is 0.369. The van der Waals surface area contributed by atoms with Crippen molar-refractivity contribution in [3.63, 3.8) is 0 Å². The van der Waals surface area contributed by atoms with Gasteiger partial charge in [-0.05, 0) is 18.6 Å². The van der Waals surface area contributed by atoms with E-state index in [-0.39, 0.29) is 7.92 Å². The summed E-state index contributed by atoms with van der Waals surface area (Å²) in [5.74, 6) is 0. The van der Waals surface area contributed by atoms with Crippen LogP contribution in [0.5, 0.6) is 0 Å². The van der Waals surface area contributed by atoms with E-state index >= 15 is 0 Å². The molecule has 0 bridgehead atoms. The molecule has 0 amide bonds. The Kier molecular flexibility index (Phi) is 16.6. The van der Waals surface area contributed by atoms with Gasteiger partial charge in [-0.25, -0.2) is 0 Å². The summed E-state index contributed by atoms with van der Waals surface area (Å²) in [5, 5.41) is 1.48. The van der Waals surface area contributed by atoms with Crippen LogP contribution in [0, 0.1) is 6.65 Å². The van der Waals surface area contributed by atoms with E-state index in [0.717, 1.165) is 0 Å². The average Bonchev–Trinajstić information content (AvgIpc) is 2.23. The van der Waals surface area contributed by atoms with Gasteiger partial charge in [0.1, 0.15) is 0 Å². The molecular formula is C9H11Cl2OPPt. The zero-order valence-corrected chi connectivity index (χ0v) is 12.5. The van der Waals surface area contributed by atoms with E-state index < -0.39 is 16.5 Å². The van der Waals surface area contributed by atoms with E-state index in [1.165, 1.54) is 5.30 Å². The van der Waals surface area contributed by atoms with Crippen LogP contribution in [0.2, 0.25) is 0 Å². The molecule has 0 saturated heterocycles. The maximum atomic E-state index is 7.50. The number of hydrogen-bond donors (Lipinski definition) is 0. The first-order valence-electron chi connectivity index (χ1n) is 3.47. The van der Waals surface area contributed by atoms with Gasteiger partial charge in [0, 0.05) is 0 Å². The van der Waals surface area contributed by atoms with E-state index in [0.29, 0.717) is 0 Å². The predicted octanol–water partition coefficient (Wildman–Crippen LogP) is 3.39. The normalized spacial score (nSPS) is 8.21. The zero-order valence-electron chi connectivity index (χ0n) is 7.81. The maximum absolute atomic E-state index is 7.50. The van der Waals surface area contributed by atoms with Crippen LogP contribution in [0.25, 0.3) is 0 Å². The second kappa shape index (κ2) is 13.7. The summed E-state index contributed by atoms with van der Waals surface area (Å²) in [6.45, 7) is 9.04. The van der Waals surface area contributed by atoms with Gasteiger partial charge in [0.2, 0.25) is 0 Å². The fraction of sp³-hybridized carbons (Fsp3) is 0.222. The monoisotopic (exact) mass is 431 g/mol. The standard InChI is InChI=1S/C8H11P.CO.2ClH.Pt/c1-9(2)8-6-4-3-5-7-8;1-2;;;/h3-7H,1-2H3;;2*1H;/q;;;;+2/p-2. The third-order valence-corrected chi connectivity index (χ3v) is 2.60. The molecule has 0 spiro atoms. The Hall–Kier alpha value is 0.658. The van der Waals surface area contributed by atoms with E-state index in [1.807, 2.05) is 0 Å². The van der Waals surface area contributed by atoms with Crippen molar-refractivity contribution in [1.82, 2.24) is 0 Å². The molecule has 14 heavy (non-hydrogen) atoms. The molecule has 1 aromatic carbocycles.